The largest absolute Gasteiger partial charge is 0.480 e. The van der Waals surface area contributed by atoms with Gasteiger partial charge in [-0.2, -0.15) is 4.98 Å². The number of hydrogen-bond donors (Lipinski definition) is 1. The lowest BCUT2D eigenvalue weighted by molar-refractivity contribution is -0.140. The summed E-state index contributed by atoms with van der Waals surface area (Å²) in [6, 6.07) is 9.03. The third-order valence-electron chi connectivity index (χ3n) is 7.43. The highest BCUT2D eigenvalue weighted by molar-refractivity contribution is 7.93. The molecule has 4 rings (SSSR count). The van der Waals surface area contributed by atoms with E-state index in [4.69, 9.17) is 32.9 Å². The van der Waals surface area contributed by atoms with Crippen molar-refractivity contribution in [1.29, 1.82) is 0 Å². The third-order valence-corrected chi connectivity index (χ3v) is 9.63. The number of benzene rings is 2. The smallest absolute Gasteiger partial charge is 0.416 e. The minimum Gasteiger partial charge on any atom is -0.480 e. The fourth-order valence-corrected chi connectivity index (χ4v) is 7.82. The summed E-state index contributed by atoms with van der Waals surface area (Å²) >= 11 is 12.3. The highest BCUT2D eigenvalue weighted by Gasteiger charge is 2.44. The van der Waals surface area contributed by atoms with Crippen molar-refractivity contribution in [2.24, 2.45) is 5.41 Å². The van der Waals surface area contributed by atoms with Gasteiger partial charge in [-0.25, -0.2) is 23.0 Å². The molecule has 1 aliphatic rings. The molecule has 0 spiro atoms. The van der Waals surface area contributed by atoms with Gasteiger partial charge < -0.3 is 19.6 Å². The van der Waals surface area contributed by atoms with Gasteiger partial charge in [0, 0.05) is 41.6 Å². The van der Waals surface area contributed by atoms with E-state index < -0.39 is 39.1 Å². The molecule has 0 bridgehead atoms. The van der Waals surface area contributed by atoms with Crippen molar-refractivity contribution >= 4 is 68.4 Å². The van der Waals surface area contributed by atoms with Crippen molar-refractivity contribution in [3.8, 4) is 0 Å². The van der Waals surface area contributed by atoms with Gasteiger partial charge in [0.1, 0.15) is 17.5 Å². The van der Waals surface area contributed by atoms with Gasteiger partial charge in [-0.3, -0.25) is 9.21 Å². The van der Waals surface area contributed by atoms with Crippen molar-refractivity contribution in [1.82, 2.24) is 14.9 Å². The Bertz CT molecular complexity index is 1770. The van der Waals surface area contributed by atoms with Crippen LogP contribution in [-0.2, 0) is 26.0 Å². The van der Waals surface area contributed by atoms with Crippen LogP contribution in [0.15, 0.2) is 53.6 Å². The summed E-state index contributed by atoms with van der Waals surface area (Å²) in [6.07, 6.45) is 1.54. The Kier molecular flexibility index (Phi) is 10.9. The zero-order valence-electron chi connectivity index (χ0n) is 28.4. The highest BCUT2D eigenvalue weighted by atomic mass is 35.5. The summed E-state index contributed by atoms with van der Waals surface area (Å²) in [4.78, 5) is 40.2. The van der Waals surface area contributed by atoms with Crippen LogP contribution in [-0.4, -0.2) is 85.8 Å². The van der Waals surface area contributed by atoms with E-state index >= 15 is 0 Å². The number of carboxylic acids is 1. The molecule has 3 aromatic rings. The maximum absolute atomic E-state index is 14.2. The van der Waals surface area contributed by atoms with Gasteiger partial charge in [0.2, 0.25) is 5.95 Å². The number of halogens is 2. The van der Waals surface area contributed by atoms with Crippen LogP contribution in [0.5, 0.6) is 0 Å². The SMILES string of the molecule is CN(C)CCN(C(=O)OC(C)(C)C)c1ccnc(N2CCc3cc(N(C(C(=O)O)C(C)(C)C)S(=O)(=O)c4cc(Cl)cc(Cl)c4)ccc32)n1. The molecule has 0 aliphatic carbocycles. The molecule has 15 heteroatoms. The second-order valence-corrected chi connectivity index (χ2v) is 16.6. The summed E-state index contributed by atoms with van der Waals surface area (Å²) in [7, 11) is -0.650. The van der Waals surface area contributed by atoms with Crippen LogP contribution in [0.3, 0.4) is 0 Å². The first kappa shape index (κ1) is 37.2. The molecule has 0 saturated carbocycles. The lowest BCUT2D eigenvalue weighted by Gasteiger charge is -2.38. The van der Waals surface area contributed by atoms with Gasteiger partial charge in [0.05, 0.1) is 10.6 Å². The van der Waals surface area contributed by atoms with Crippen LogP contribution in [0.2, 0.25) is 10.0 Å². The molecule has 1 aromatic heterocycles. The average Bonchev–Trinajstić information content (AvgIpc) is 3.37. The Morgan fingerprint density at radius 2 is 1.65 bits per heavy atom. The molecule has 0 saturated heterocycles. The molecule has 1 atom stereocenters. The van der Waals surface area contributed by atoms with Crippen LogP contribution in [0.25, 0.3) is 0 Å². The number of carboxylic acid groups (broad SMARTS) is 1. The Morgan fingerprint density at radius 1 is 1.00 bits per heavy atom. The quantitative estimate of drug-likeness (QED) is 0.248. The lowest BCUT2D eigenvalue weighted by atomic mass is 9.86. The summed E-state index contributed by atoms with van der Waals surface area (Å²) < 4.78 is 35.0. The number of likely N-dealkylation sites (N-methyl/N-ethyl adjacent to an activating group) is 1. The van der Waals surface area contributed by atoms with Gasteiger partial charge >= 0.3 is 12.1 Å². The van der Waals surface area contributed by atoms with Crippen molar-refractivity contribution in [3.05, 3.63) is 64.3 Å². The summed E-state index contributed by atoms with van der Waals surface area (Å²) in [5.41, 5.74) is -0.0578. The van der Waals surface area contributed by atoms with Crippen LogP contribution in [0.1, 0.15) is 47.1 Å². The number of aromatic nitrogens is 2. The van der Waals surface area contributed by atoms with E-state index in [0.717, 1.165) is 15.6 Å². The molecule has 2 heterocycles. The molecular formula is C33H42Cl2N6O6S. The van der Waals surface area contributed by atoms with Crippen LogP contribution in [0.4, 0.5) is 27.9 Å². The van der Waals surface area contributed by atoms with Crippen LogP contribution >= 0.6 is 23.2 Å². The van der Waals surface area contributed by atoms with Gasteiger partial charge in [0.25, 0.3) is 10.0 Å². The number of fused-ring (bicyclic) bond motifs is 1. The standard InChI is InChI=1S/C33H42Cl2N6O6S/c1-32(2,3)28(29(42)43)41(48(45,46)25-19-22(34)18-23(35)20-25)24-9-10-26-21(17-24)12-14-39(26)30-36-13-11-27(37-30)40(16-15-38(7)8)31(44)47-33(4,5)6/h9-11,13,17-20,28H,12,14-16H2,1-8H3,(H,42,43). The number of aliphatic carboxylic acids is 1. The third kappa shape index (κ3) is 8.49. The number of anilines is 4. The number of carbonyl (C=O) groups excluding carboxylic acids is 1. The molecule has 2 aromatic carbocycles. The summed E-state index contributed by atoms with van der Waals surface area (Å²) in [6.45, 7) is 11.8. The zero-order valence-corrected chi connectivity index (χ0v) is 30.7. The first-order chi connectivity index (χ1) is 22.2. The van der Waals surface area contributed by atoms with Crippen molar-refractivity contribution < 1.29 is 27.9 Å². The topological polar surface area (TPSA) is 136 Å². The summed E-state index contributed by atoms with van der Waals surface area (Å²) in [5.74, 6) is -0.600. The summed E-state index contributed by atoms with van der Waals surface area (Å²) in [5, 5.41) is 10.6. The van der Waals surface area contributed by atoms with Crippen molar-refractivity contribution in [2.45, 2.75) is 64.5 Å². The minimum atomic E-state index is -4.47. The number of carbonyl (C=O) groups is 2. The molecule has 0 fully saturated rings. The predicted molar refractivity (Wildman–Crippen MR) is 188 cm³/mol. The number of ether oxygens (including phenoxy) is 1. The fraction of sp³-hybridized carbons (Fsp3) is 0.455. The second-order valence-electron chi connectivity index (χ2n) is 13.9. The molecule has 1 N–H and O–H groups in total. The molecular weight excluding hydrogens is 679 g/mol. The molecule has 1 aliphatic heterocycles. The molecule has 12 nitrogen and oxygen atoms in total. The fourth-order valence-electron chi connectivity index (χ4n) is 5.31. The van der Waals surface area contributed by atoms with E-state index in [-0.39, 0.29) is 20.6 Å². The number of sulfonamides is 1. The molecule has 48 heavy (non-hydrogen) atoms. The Balaban J connectivity index is 1.77. The predicted octanol–water partition coefficient (Wildman–Crippen LogP) is 6.48. The maximum atomic E-state index is 14.2. The monoisotopic (exact) mass is 720 g/mol. The normalized spacial score (nSPS) is 14.1. The van der Waals surface area contributed by atoms with Crippen LogP contribution < -0.4 is 14.1 Å². The first-order valence-corrected chi connectivity index (χ1v) is 17.5. The van der Waals surface area contributed by atoms with Crippen LogP contribution in [0, 0.1) is 5.41 Å². The van der Waals surface area contributed by atoms with E-state index in [1.54, 1.807) is 72.0 Å². The number of hydrogen-bond acceptors (Lipinski definition) is 9. The van der Waals surface area contributed by atoms with Crippen molar-refractivity contribution in [3.63, 3.8) is 0 Å². The maximum Gasteiger partial charge on any atom is 0.416 e. The van der Waals surface area contributed by atoms with Gasteiger partial charge in [-0.05, 0) is 94.7 Å². The Labute approximate surface area is 292 Å². The first-order valence-electron chi connectivity index (χ1n) is 15.3. The zero-order chi connectivity index (χ0) is 35.8. The van der Waals surface area contributed by atoms with E-state index in [2.05, 4.69) is 4.98 Å². The highest BCUT2D eigenvalue weighted by Crippen LogP contribution is 2.40. The number of nitrogens with zero attached hydrogens (tertiary/aromatic N) is 6. The Hall–Kier alpha value is -3.65. The number of amides is 1. The lowest BCUT2D eigenvalue weighted by Crippen LogP contribution is -2.52. The number of rotatable bonds is 10. The van der Waals surface area contributed by atoms with E-state index in [1.165, 1.54) is 23.1 Å². The Morgan fingerprint density at radius 3 is 2.21 bits per heavy atom. The minimum absolute atomic E-state index is 0.0995. The molecule has 260 valence electrons. The van der Waals surface area contributed by atoms with Gasteiger partial charge in [-0.15, -0.1) is 0 Å². The van der Waals surface area contributed by atoms with E-state index in [1.807, 2.05) is 23.9 Å². The van der Waals surface area contributed by atoms with Crippen molar-refractivity contribution in [2.75, 3.05) is 47.8 Å². The molecule has 1 unspecified atom stereocenters. The van der Waals surface area contributed by atoms with Gasteiger partial charge in [-0.1, -0.05) is 44.0 Å². The van der Waals surface area contributed by atoms with E-state index in [9.17, 15) is 23.1 Å². The average molecular weight is 722 g/mol. The van der Waals surface area contributed by atoms with E-state index in [0.29, 0.717) is 37.8 Å². The molecule has 0 radical (unpaired) electrons. The van der Waals surface area contributed by atoms with Gasteiger partial charge in [0.15, 0.2) is 0 Å². The molecule has 1 amide bonds. The second kappa shape index (κ2) is 14.1.